The van der Waals surface area contributed by atoms with Gasteiger partial charge in [-0.3, -0.25) is 4.79 Å². The highest BCUT2D eigenvalue weighted by molar-refractivity contribution is 7.25. The van der Waals surface area contributed by atoms with E-state index >= 15 is 0 Å². The molecular weight excluding hydrogens is 482 g/mol. The topological polar surface area (TPSA) is 84.3 Å². The summed E-state index contributed by atoms with van der Waals surface area (Å²) in [5, 5.41) is 15.2. The Bertz CT molecular complexity index is 1530. The Morgan fingerprint density at radius 1 is 1.03 bits per heavy atom. The fourth-order valence-corrected chi connectivity index (χ4v) is 5.39. The average Bonchev–Trinajstić information content (AvgIpc) is 3.22. The van der Waals surface area contributed by atoms with Crippen LogP contribution in [0.4, 0.5) is 5.82 Å². The Morgan fingerprint density at radius 3 is 2.51 bits per heavy atom. The van der Waals surface area contributed by atoms with Gasteiger partial charge in [0.2, 0.25) is 0 Å². The first-order valence-corrected chi connectivity index (χ1v) is 12.2. The van der Waals surface area contributed by atoms with Gasteiger partial charge in [0.1, 0.15) is 22.2 Å². The second-order valence-electron chi connectivity index (χ2n) is 8.15. The highest BCUT2D eigenvalue weighted by atomic mass is 35.5. The highest BCUT2D eigenvalue weighted by Crippen LogP contribution is 2.37. The molecule has 176 valence electrons. The predicted octanol–water partition coefficient (Wildman–Crippen LogP) is 6.34. The molecular formula is C27H22ClN3O3S. The molecule has 0 aliphatic carbocycles. The minimum atomic E-state index is -0.842. The molecule has 2 aromatic heterocycles. The molecule has 0 saturated heterocycles. The molecule has 0 saturated carbocycles. The number of nitrogens with one attached hydrogen (secondary N) is 1. The number of fused-ring (bicyclic) bond motifs is 3. The normalized spacial score (nSPS) is 11.1. The number of ether oxygens (including phenoxy) is 1. The Hall–Kier alpha value is -3.68. The van der Waals surface area contributed by atoms with Crippen molar-refractivity contribution in [1.82, 2.24) is 9.97 Å². The molecule has 5 rings (SSSR count). The van der Waals surface area contributed by atoms with E-state index in [0.717, 1.165) is 42.8 Å². The largest absolute Gasteiger partial charge is 0.495 e. The highest BCUT2D eigenvalue weighted by Gasteiger charge is 2.15. The second-order valence-corrected chi connectivity index (χ2v) is 9.59. The SMILES string of the molecule is COc1ccc(CNc2nc(Cc3ccc(CC(=O)O)cc3)nc3sc4ccccc4c23)cc1Cl. The zero-order chi connectivity index (χ0) is 24.4. The molecule has 6 nitrogen and oxygen atoms in total. The van der Waals surface area contributed by atoms with Crippen LogP contribution in [-0.2, 0) is 24.2 Å². The van der Waals surface area contributed by atoms with Gasteiger partial charge < -0.3 is 15.2 Å². The van der Waals surface area contributed by atoms with Crippen molar-refractivity contribution in [2.45, 2.75) is 19.4 Å². The third-order valence-corrected chi connectivity index (χ3v) is 7.06. The molecule has 0 aliphatic heterocycles. The van der Waals surface area contributed by atoms with E-state index in [0.29, 0.717) is 29.6 Å². The number of hydrogen-bond acceptors (Lipinski definition) is 6. The molecule has 0 aliphatic rings. The number of thiophene rings is 1. The second kappa shape index (κ2) is 9.90. The summed E-state index contributed by atoms with van der Waals surface area (Å²) >= 11 is 7.96. The molecule has 0 atom stereocenters. The van der Waals surface area contributed by atoms with Crippen LogP contribution in [0.1, 0.15) is 22.5 Å². The summed E-state index contributed by atoms with van der Waals surface area (Å²) in [5.74, 6) is 1.27. The van der Waals surface area contributed by atoms with Crippen LogP contribution >= 0.6 is 22.9 Å². The van der Waals surface area contributed by atoms with Crippen molar-refractivity contribution in [2.24, 2.45) is 0 Å². The molecule has 0 fully saturated rings. The zero-order valence-corrected chi connectivity index (χ0v) is 20.5. The van der Waals surface area contributed by atoms with Crippen LogP contribution in [0.2, 0.25) is 5.02 Å². The lowest BCUT2D eigenvalue weighted by atomic mass is 10.1. The van der Waals surface area contributed by atoms with Crippen molar-refractivity contribution >= 4 is 55.0 Å². The van der Waals surface area contributed by atoms with Crippen molar-refractivity contribution in [3.63, 3.8) is 0 Å². The van der Waals surface area contributed by atoms with Gasteiger partial charge >= 0.3 is 5.97 Å². The fourth-order valence-electron chi connectivity index (χ4n) is 4.01. The van der Waals surface area contributed by atoms with E-state index in [1.54, 1.807) is 18.4 Å². The number of hydrogen-bond donors (Lipinski definition) is 2. The maximum absolute atomic E-state index is 11.0. The van der Waals surface area contributed by atoms with Gasteiger partial charge in [0.15, 0.2) is 0 Å². The maximum Gasteiger partial charge on any atom is 0.307 e. The average molecular weight is 504 g/mol. The maximum atomic E-state index is 11.0. The number of methoxy groups -OCH3 is 1. The smallest absolute Gasteiger partial charge is 0.307 e. The van der Waals surface area contributed by atoms with Gasteiger partial charge in [-0.15, -0.1) is 11.3 Å². The van der Waals surface area contributed by atoms with Crippen LogP contribution < -0.4 is 10.1 Å². The first-order valence-electron chi connectivity index (χ1n) is 11.0. The van der Waals surface area contributed by atoms with E-state index in [1.807, 2.05) is 54.6 Å². The van der Waals surface area contributed by atoms with Crippen LogP contribution in [-0.4, -0.2) is 28.2 Å². The molecule has 5 aromatic rings. The van der Waals surface area contributed by atoms with Gasteiger partial charge in [-0.1, -0.05) is 60.1 Å². The van der Waals surface area contributed by atoms with Gasteiger partial charge in [-0.05, 0) is 34.9 Å². The lowest BCUT2D eigenvalue weighted by molar-refractivity contribution is -0.136. The van der Waals surface area contributed by atoms with E-state index in [-0.39, 0.29) is 6.42 Å². The minimum Gasteiger partial charge on any atom is -0.495 e. The summed E-state index contributed by atoms with van der Waals surface area (Å²) < 4.78 is 6.41. The molecule has 8 heteroatoms. The summed E-state index contributed by atoms with van der Waals surface area (Å²) in [7, 11) is 1.60. The van der Waals surface area contributed by atoms with Crippen LogP contribution in [0.5, 0.6) is 5.75 Å². The van der Waals surface area contributed by atoms with E-state index < -0.39 is 5.97 Å². The number of anilines is 1. The molecule has 35 heavy (non-hydrogen) atoms. The number of aromatic nitrogens is 2. The number of aliphatic carboxylic acids is 1. The number of nitrogens with zero attached hydrogens (tertiary/aromatic N) is 2. The lowest BCUT2D eigenvalue weighted by Crippen LogP contribution is -2.06. The number of carboxylic acids is 1. The Kier molecular flexibility index (Phi) is 6.53. The van der Waals surface area contributed by atoms with Crippen molar-refractivity contribution in [1.29, 1.82) is 0 Å². The predicted molar refractivity (Wildman–Crippen MR) is 141 cm³/mol. The number of benzene rings is 3. The number of halogens is 1. The third-order valence-electron chi connectivity index (χ3n) is 5.70. The number of carboxylic acid groups (broad SMARTS) is 1. The molecule has 0 spiro atoms. The van der Waals surface area contributed by atoms with Crippen LogP contribution in [0.3, 0.4) is 0 Å². The number of rotatable bonds is 8. The Morgan fingerprint density at radius 2 is 1.77 bits per heavy atom. The fraction of sp³-hybridized carbons (Fsp3) is 0.148. The quantitative estimate of drug-likeness (QED) is 0.257. The van der Waals surface area contributed by atoms with Gasteiger partial charge in [-0.2, -0.15) is 0 Å². The third kappa shape index (κ3) is 5.06. The van der Waals surface area contributed by atoms with E-state index in [2.05, 4.69) is 17.4 Å². The van der Waals surface area contributed by atoms with Gasteiger partial charge in [0, 0.05) is 23.1 Å². The summed E-state index contributed by atoms with van der Waals surface area (Å²) in [5.41, 5.74) is 2.80. The summed E-state index contributed by atoms with van der Waals surface area (Å²) in [6.45, 7) is 0.545. The first kappa shape index (κ1) is 23.1. The van der Waals surface area contributed by atoms with Crippen LogP contribution in [0, 0.1) is 0 Å². The summed E-state index contributed by atoms with van der Waals surface area (Å²) in [6, 6.07) is 21.5. The van der Waals surface area contributed by atoms with E-state index in [9.17, 15) is 4.79 Å². The molecule has 3 aromatic carbocycles. The molecule has 0 radical (unpaired) electrons. The minimum absolute atomic E-state index is 0.00791. The summed E-state index contributed by atoms with van der Waals surface area (Å²) in [4.78, 5) is 21.6. The Balaban J connectivity index is 1.48. The van der Waals surface area contributed by atoms with Gasteiger partial charge in [0.25, 0.3) is 0 Å². The first-order chi connectivity index (χ1) is 17.0. The van der Waals surface area contributed by atoms with Crippen molar-refractivity contribution < 1.29 is 14.6 Å². The molecule has 0 amide bonds. The lowest BCUT2D eigenvalue weighted by Gasteiger charge is -2.11. The van der Waals surface area contributed by atoms with E-state index in [4.69, 9.17) is 31.4 Å². The van der Waals surface area contributed by atoms with E-state index in [1.165, 1.54) is 0 Å². The van der Waals surface area contributed by atoms with Gasteiger partial charge in [0.05, 0.1) is 23.9 Å². The van der Waals surface area contributed by atoms with Crippen molar-refractivity contribution in [2.75, 3.05) is 12.4 Å². The van der Waals surface area contributed by atoms with Crippen LogP contribution in [0.25, 0.3) is 20.3 Å². The van der Waals surface area contributed by atoms with Crippen molar-refractivity contribution in [3.8, 4) is 5.75 Å². The van der Waals surface area contributed by atoms with Crippen LogP contribution in [0.15, 0.2) is 66.7 Å². The Labute approximate surface area is 211 Å². The molecule has 2 N–H and O–H groups in total. The summed E-state index contributed by atoms with van der Waals surface area (Å²) in [6.07, 6.45) is 0.550. The molecule has 2 heterocycles. The zero-order valence-electron chi connectivity index (χ0n) is 18.9. The van der Waals surface area contributed by atoms with Gasteiger partial charge in [-0.25, -0.2) is 9.97 Å². The number of carbonyl (C=O) groups is 1. The van der Waals surface area contributed by atoms with Crippen molar-refractivity contribution in [3.05, 3.63) is 94.3 Å². The standard InChI is InChI=1S/C27H22ClN3O3S/c1-34-21-11-10-18(12-20(21)28)15-29-26-25-19-4-2-3-5-22(19)35-27(25)31-23(30-26)13-16-6-8-17(9-7-16)14-24(32)33/h2-12H,13-15H2,1H3,(H,32,33)(H,29,30,31). The molecule has 0 bridgehead atoms. The monoisotopic (exact) mass is 503 g/mol. The molecule has 0 unspecified atom stereocenters.